The number of carboxylic acids is 1. The number of carbonyl (C=O) groups is 1. The van der Waals surface area contributed by atoms with Gasteiger partial charge >= 0.3 is 5.97 Å². The van der Waals surface area contributed by atoms with Crippen LogP contribution in [0.15, 0.2) is 60.7 Å². The zero-order valence-corrected chi connectivity index (χ0v) is 19.0. The summed E-state index contributed by atoms with van der Waals surface area (Å²) in [5, 5.41) is 14.1. The molecule has 0 radical (unpaired) electrons. The number of aliphatic carboxylic acids is 1. The van der Waals surface area contributed by atoms with Gasteiger partial charge in [0.1, 0.15) is 17.6 Å². The molecule has 0 spiro atoms. The van der Waals surface area contributed by atoms with Crippen LogP contribution in [0.2, 0.25) is 0 Å². The van der Waals surface area contributed by atoms with Gasteiger partial charge in [0.25, 0.3) is 0 Å². The van der Waals surface area contributed by atoms with Crippen LogP contribution < -0.4 is 14.6 Å². The Kier molecular flexibility index (Phi) is 6.40. The van der Waals surface area contributed by atoms with Gasteiger partial charge < -0.3 is 14.6 Å². The summed E-state index contributed by atoms with van der Waals surface area (Å²) >= 11 is 0. The summed E-state index contributed by atoms with van der Waals surface area (Å²) in [5.41, 5.74) is 5.07. The number of benzene rings is 3. The molecule has 3 aromatic carbocycles. The fraction of sp³-hybridized carbons (Fsp3) is 0.240. The molecular formula is C25H25NO6S. The van der Waals surface area contributed by atoms with E-state index in [1.807, 2.05) is 54.6 Å². The normalized spacial score (nSPS) is 14.7. The summed E-state index contributed by atoms with van der Waals surface area (Å²) in [4.78, 5) is 10.8. The third-order valence-electron chi connectivity index (χ3n) is 5.63. The predicted octanol–water partition coefficient (Wildman–Crippen LogP) is 4.04. The van der Waals surface area contributed by atoms with E-state index in [1.54, 1.807) is 13.2 Å². The fourth-order valence-corrected chi connectivity index (χ4v) is 4.81. The van der Waals surface area contributed by atoms with Crippen molar-refractivity contribution >= 4 is 16.0 Å². The van der Waals surface area contributed by atoms with Crippen LogP contribution in [0.5, 0.6) is 11.5 Å². The largest absolute Gasteiger partial charge is 0.496 e. The van der Waals surface area contributed by atoms with Gasteiger partial charge in [0.2, 0.25) is 10.0 Å². The van der Waals surface area contributed by atoms with Gasteiger partial charge in [-0.3, -0.25) is 4.79 Å². The summed E-state index contributed by atoms with van der Waals surface area (Å²) < 4.78 is 35.3. The molecule has 0 amide bonds. The van der Waals surface area contributed by atoms with Crippen molar-refractivity contribution in [1.82, 2.24) is 0 Å². The SMILES string of the molecule is COc1cccc2c1-c1ccc(CS(N)(=O)=O)cc1C(c1ccc(CCCC(=O)O)cc1)O2. The molecule has 0 fully saturated rings. The van der Waals surface area contributed by atoms with Crippen LogP contribution >= 0.6 is 0 Å². The molecule has 0 aromatic heterocycles. The number of carboxylic acid groups (broad SMARTS) is 1. The molecule has 8 heteroatoms. The summed E-state index contributed by atoms with van der Waals surface area (Å²) in [5.74, 6) is 0.272. The smallest absolute Gasteiger partial charge is 0.303 e. The van der Waals surface area contributed by atoms with Crippen LogP contribution in [0.4, 0.5) is 0 Å². The molecule has 0 aliphatic carbocycles. The molecule has 1 aliphatic rings. The lowest BCUT2D eigenvalue weighted by Crippen LogP contribution is -2.18. The fourth-order valence-electron chi connectivity index (χ4n) is 4.16. The Bertz CT molecular complexity index is 1280. The molecule has 0 bridgehead atoms. The maximum atomic E-state index is 11.7. The van der Waals surface area contributed by atoms with Crippen LogP contribution in [-0.2, 0) is 27.0 Å². The molecule has 1 aliphatic heterocycles. The Labute approximate surface area is 192 Å². The number of hydrogen-bond acceptors (Lipinski definition) is 5. The predicted molar refractivity (Wildman–Crippen MR) is 125 cm³/mol. The van der Waals surface area contributed by atoms with Crippen molar-refractivity contribution in [2.24, 2.45) is 5.14 Å². The first-order valence-electron chi connectivity index (χ1n) is 10.5. The number of ether oxygens (including phenoxy) is 2. The van der Waals surface area contributed by atoms with E-state index in [9.17, 15) is 13.2 Å². The minimum atomic E-state index is -3.69. The van der Waals surface area contributed by atoms with Crippen molar-refractivity contribution in [3.8, 4) is 22.6 Å². The Morgan fingerprint density at radius 2 is 1.82 bits per heavy atom. The number of fused-ring (bicyclic) bond motifs is 3. The van der Waals surface area contributed by atoms with Crippen LogP contribution in [0.3, 0.4) is 0 Å². The van der Waals surface area contributed by atoms with Gasteiger partial charge in [-0.15, -0.1) is 0 Å². The van der Waals surface area contributed by atoms with E-state index in [0.29, 0.717) is 29.9 Å². The third-order valence-corrected chi connectivity index (χ3v) is 6.36. The summed E-state index contributed by atoms with van der Waals surface area (Å²) in [7, 11) is -2.09. The van der Waals surface area contributed by atoms with Crippen LogP contribution in [0, 0.1) is 0 Å². The molecule has 0 saturated heterocycles. The van der Waals surface area contributed by atoms with Gasteiger partial charge in [0.15, 0.2) is 0 Å². The highest BCUT2D eigenvalue weighted by atomic mass is 32.2. The first kappa shape index (κ1) is 22.8. The molecule has 172 valence electrons. The highest BCUT2D eigenvalue weighted by Crippen LogP contribution is 2.49. The third kappa shape index (κ3) is 5.18. The van der Waals surface area contributed by atoms with Gasteiger partial charge in [0, 0.05) is 12.0 Å². The first-order valence-corrected chi connectivity index (χ1v) is 12.2. The lowest BCUT2D eigenvalue weighted by Gasteiger charge is -2.30. The molecule has 4 rings (SSSR count). The van der Waals surface area contributed by atoms with Crippen molar-refractivity contribution in [2.75, 3.05) is 7.11 Å². The Morgan fingerprint density at radius 3 is 2.48 bits per heavy atom. The molecule has 1 unspecified atom stereocenters. The maximum absolute atomic E-state index is 11.7. The second-order valence-electron chi connectivity index (χ2n) is 8.05. The molecule has 33 heavy (non-hydrogen) atoms. The van der Waals surface area contributed by atoms with Crippen molar-refractivity contribution < 1.29 is 27.8 Å². The molecular weight excluding hydrogens is 442 g/mol. The average molecular weight is 468 g/mol. The number of sulfonamides is 1. The Morgan fingerprint density at radius 1 is 1.09 bits per heavy atom. The van der Waals surface area contributed by atoms with E-state index in [1.165, 1.54) is 0 Å². The second kappa shape index (κ2) is 9.25. The molecule has 7 nitrogen and oxygen atoms in total. The van der Waals surface area contributed by atoms with E-state index < -0.39 is 22.1 Å². The van der Waals surface area contributed by atoms with E-state index in [0.717, 1.165) is 27.8 Å². The van der Waals surface area contributed by atoms with E-state index in [2.05, 4.69) is 0 Å². The zero-order valence-electron chi connectivity index (χ0n) is 18.2. The summed E-state index contributed by atoms with van der Waals surface area (Å²) in [6.45, 7) is 0. The lowest BCUT2D eigenvalue weighted by atomic mass is 9.87. The quantitative estimate of drug-likeness (QED) is 0.517. The highest BCUT2D eigenvalue weighted by molar-refractivity contribution is 7.88. The number of nitrogens with two attached hydrogens (primary N) is 1. The number of primary sulfonamides is 1. The monoisotopic (exact) mass is 467 g/mol. The van der Waals surface area contributed by atoms with Crippen molar-refractivity contribution in [1.29, 1.82) is 0 Å². The molecule has 3 aromatic rings. The highest BCUT2D eigenvalue weighted by Gasteiger charge is 2.30. The topological polar surface area (TPSA) is 116 Å². The number of methoxy groups -OCH3 is 1. The van der Waals surface area contributed by atoms with Crippen LogP contribution in [0.25, 0.3) is 11.1 Å². The number of rotatable bonds is 8. The van der Waals surface area contributed by atoms with Gasteiger partial charge in [-0.05, 0) is 47.2 Å². The first-order chi connectivity index (χ1) is 15.7. The summed E-state index contributed by atoms with van der Waals surface area (Å²) in [6, 6.07) is 18.9. The second-order valence-corrected chi connectivity index (χ2v) is 9.66. The van der Waals surface area contributed by atoms with Crippen molar-refractivity contribution in [3.63, 3.8) is 0 Å². The van der Waals surface area contributed by atoms with E-state index in [4.69, 9.17) is 19.7 Å². The van der Waals surface area contributed by atoms with Gasteiger partial charge in [-0.25, -0.2) is 13.6 Å². The van der Waals surface area contributed by atoms with Crippen LogP contribution in [-0.4, -0.2) is 26.6 Å². The molecule has 3 N–H and O–H groups in total. The van der Waals surface area contributed by atoms with Crippen LogP contribution in [0.1, 0.15) is 41.2 Å². The number of aryl methyl sites for hydroxylation is 1. The minimum absolute atomic E-state index is 0.131. The standard InChI is InChI=1S/C25H25NO6S/c1-31-21-5-3-6-22-24(21)19-13-10-17(15-33(26,29)30)14-20(19)25(32-22)18-11-8-16(9-12-18)4-2-7-23(27)28/h3,5-6,8-14,25H,2,4,7,15H2,1H3,(H,27,28)(H2,26,29,30). The summed E-state index contributed by atoms with van der Waals surface area (Å²) in [6.07, 6.45) is 0.925. The Hall–Kier alpha value is -3.36. The molecule has 1 heterocycles. The Balaban J connectivity index is 1.74. The van der Waals surface area contributed by atoms with E-state index in [-0.39, 0.29) is 12.2 Å². The lowest BCUT2D eigenvalue weighted by molar-refractivity contribution is -0.137. The van der Waals surface area contributed by atoms with Gasteiger partial charge in [-0.2, -0.15) is 0 Å². The molecule has 0 saturated carbocycles. The maximum Gasteiger partial charge on any atom is 0.303 e. The van der Waals surface area contributed by atoms with Gasteiger partial charge in [0.05, 0.1) is 18.4 Å². The minimum Gasteiger partial charge on any atom is -0.496 e. The number of hydrogen-bond donors (Lipinski definition) is 2. The van der Waals surface area contributed by atoms with Crippen molar-refractivity contribution in [2.45, 2.75) is 31.1 Å². The van der Waals surface area contributed by atoms with E-state index >= 15 is 0 Å². The van der Waals surface area contributed by atoms with Gasteiger partial charge in [-0.1, -0.05) is 48.5 Å². The molecule has 1 atom stereocenters. The van der Waals surface area contributed by atoms with Crippen molar-refractivity contribution in [3.05, 3.63) is 82.9 Å². The zero-order chi connectivity index (χ0) is 23.6. The average Bonchev–Trinajstić information content (AvgIpc) is 2.77.